The Labute approximate surface area is 160 Å². The van der Waals surface area contributed by atoms with E-state index < -0.39 is 0 Å². The van der Waals surface area contributed by atoms with E-state index in [0.29, 0.717) is 23.1 Å². The summed E-state index contributed by atoms with van der Waals surface area (Å²) in [4.78, 5) is 19.8. The molecule has 2 aliphatic heterocycles. The molecule has 2 aromatic rings. The van der Waals surface area contributed by atoms with Crippen molar-refractivity contribution in [2.75, 3.05) is 53.4 Å². The minimum atomic E-state index is -0.0253. The van der Waals surface area contributed by atoms with Gasteiger partial charge in [-0.1, -0.05) is 18.6 Å². The number of benzene rings is 1. The highest BCUT2D eigenvalue weighted by Gasteiger charge is 2.27. The van der Waals surface area contributed by atoms with Crippen LogP contribution in [-0.4, -0.2) is 80.1 Å². The number of likely N-dealkylation sites (N-methyl/N-ethyl adjacent to an activating group) is 1. The zero-order valence-electron chi connectivity index (χ0n) is 16.3. The van der Waals surface area contributed by atoms with Crippen LogP contribution in [0.1, 0.15) is 29.8 Å². The highest BCUT2D eigenvalue weighted by atomic mass is 16.5. The molecule has 0 spiro atoms. The Balaban J connectivity index is 1.37. The smallest absolute Gasteiger partial charge is 0.289 e. The highest BCUT2D eigenvalue weighted by molar-refractivity contribution is 5.97. The molecule has 1 atom stereocenters. The zero-order valence-corrected chi connectivity index (χ0v) is 16.3. The summed E-state index contributed by atoms with van der Waals surface area (Å²) in [5.41, 5.74) is 0.641. The van der Waals surface area contributed by atoms with E-state index in [9.17, 15) is 4.79 Å². The van der Waals surface area contributed by atoms with Gasteiger partial charge in [0.1, 0.15) is 0 Å². The lowest BCUT2D eigenvalue weighted by molar-refractivity contribution is 0.0540. The predicted molar refractivity (Wildman–Crippen MR) is 105 cm³/mol. The van der Waals surface area contributed by atoms with Gasteiger partial charge in [-0.3, -0.25) is 9.69 Å². The summed E-state index contributed by atoms with van der Waals surface area (Å²) in [6.45, 7) is 5.69. The van der Waals surface area contributed by atoms with Crippen LogP contribution < -0.4 is 4.74 Å². The molecule has 6 heteroatoms. The molecule has 2 aliphatic rings. The Morgan fingerprint density at radius 1 is 1.19 bits per heavy atom. The number of methoxy groups -OCH3 is 1. The third-order valence-electron chi connectivity index (χ3n) is 5.99. The van der Waals surface area contributed by atoms with E-state index >= 15 is 0 Å². The zero-order chi connectivity index (χ0) is 18.8. The lowest BCUT2D eigenvalue weighted by Crippen LogP contribution is -2.53. The van der Waals surface area contributed by atoms with Gasteiger partial charge in [-0.2, -0.15) is 0 Å². The summed E-state index contributed by atoms with van der Waals surface area (Å²) < 4.78 is 11.2. The first-order chi connectivity index (χ1) is 13.2. The number of hydrogen-bond donors (Lipinski definition) is 0. The quantitative estimate of drug-likeness (QED) is 0.827. The topological polar surface area (TPSA) is 49.2 Å². The fourth-order valence-electron chi connectivity index (χ4n) is 4.26. The third kappa shape index (κ3) is 3.82. The van der Waals surface area contributed by atoms with E-state index in [4.69, 9.17) is 9.15 Å². The number of fused-ring (bicyclic) bond motifs is 1. The molecule has 0 bridgehead atoms. The standard InChI is InChI=1S/C21H29N3O3/c1-22-9-4-3-7-17(22)15-23-10-12-24(13-11-23)21(25)19-14-16-6-5-8-18(26-2)20(16)27-19/h5-6,8,14,17H,3-4,7,9-13,15H2,1-2H3. The monoisotopic (exact) mass is 371 g/mol. The molecule has 27 heavy (non-hydrogen) atoms. The van der Waals surface area contributed by atoms with Crippen LogP contribution in [0.2, 0.25) is 0 Å². The van der Waals surface area contributed by atoms with Crippen molar-refractivity contribution in [3.8, 4) is 5.75 Å². The van der Waals surface area contributed by atoms with Crippen molar-refractivity contribution in [1.29, 1.82) is 0 Å². The molecule has 0 radical (unpaired) electrons. The number of para-hydroxylation sites is 1. The highest BCUT2D eigenvalue weighted by Crippen LogP contribution is 2.29. The molecule has 0 N–H and O–H groups in total. The number of hydrogen-bond acceptors (Lipinski definition) is 5. The van der Waals surface area contributed by atoms with Crippen LogP contribution in [0.4, 0.5) is 0 Å². The molecule has 1 amide bonds. The number of amides is 1. The third-order valence-corrected chi connectivity index (χ3v) is 5.99. The minimum Gasteiger partial charge on any atom is -0.493 e. The molecule has 1 aromatic heterocycles. The molecule has 6 nitrogen and oxygen atoms in total. The number of carbonyl (C=O) groups excluding carboxylic acids is 1. The minimum absolute atomic E-state index is 0.0253. The lowest BCUT2D eigenvalue weighted by atomic mass is 10.0. The summed E-state index contributed by atoms with van der Waals surface area (Å²) in [7, 11) is 3.85. The first-order valence-corrected chi connectivity index (χ1v) is 9.94. The maximum atomic E-state index is 12.9. The van der Waals surface area contributed by atoms with Gasteiger partial charge in [0.15, 0.2) is 17.1 Å². The Morgan fingerprint density at radius 3 is 2.74 bits per heavy atom. The average Bonchev–Trinajstić information content (AvgIpc) is 3.14. The van der Waals surface area contributed by atoms with Crippen molar-refractivity contribution < 1.29 is 13.9 Å². The Morgan fingerprint density at radius 2 is 2.00 bits per heavy atom. The summed E-state index contributed by atoms with van der Waals surface area (Å²) in [5, 5.41) is 0.900. The Bertz CT molecular complexity index is 795. The fraction of sp³-hybridized carbons (Fsp3) is 0.571. The Kier molecular flexibility index (Phi) is 5.36. The first kappa shape index (κ1) is 18.3. The van der Waals surface area contributed by atoms with E-state index in [2.05, 4.69) is 16.8 Å². The summed E-state index contributed by atoms with van der Waals surface area (Å²) in [6.07, 6.45) is 3.94. The molecule has 1 unspecified atom stereocenters. The molecule has 2 saturated heterocycles. The van der Waals surface area contributed by atoms with Crippen LogP contribution in [0.3, 0.4) is 0 Å². The van der Waals surface area contributed by atoms with Crippen LogP contribution in [0, 0.1) is 0 Å². The average molecular weight is 371 g/mol. The van der Waals surface area contributed by atoms with E-state index in [1.54, 1.807) is 7.11 Å². The maximum Gasteiger partial charge on any atom is 0.289 e. The van der Waals surface area contributed by atoms with Gasteiger partial charge in [0.25, 0.3) is 5.91 Å². The molecule has 4 rings (SSSR count). The van der Waals surface area contributed by atoms with Gasteiger partial charge in [0.2, 0.25) is 0 Å². The number of carbonyl (C=O) groups is 1. The second-order valence-corrected chi connectivity index (χ2v) is 7.71. The number of nitrogens with zero attached hydrogens (tertiary/aromatic N) is 3. The second kappa shape index (κ2) is 7.90. The molecule has 146 valence electrons. The number of furan rings is 1. The van der Waals surface area contributed by atoms with Crippen molar-refractivity contribution in [3.05, 3.63) is 30.0 Å². The summed E-state index contributed by atoms with van der Waals surface area (Å²) >= 11 is 0. The van der Waals surface area contributed by atoms with E-state index in [1.165, 1.54) is 25.8 Å². The number of piperidine rings is 1. The van der Waals surface area contributed by atoms with Crippen LogP contribution in [0.5, 0.6) is 5.75 Å². The normalized spacial score (nSPS) is 22.3. The first-order valence-electron chi connectivity index (χ1n) is 9.94. The van der Waals surface area contributed by atoms with Gasteiger partial charge >= 0.3 is 0 Å². The van der Waals surface area contributed by atoms with Gasteiger partial charge in [-0.05, 0) is 38.6 Å². The summed E-state index contributed by atoms with van der Waals surface area (Å²) in [5.74, 6) is 1.03. The van der Waals surface area contributed by atoms with Gasteiger partial charge in [0, 0.05) is 44.2 Å². The van der Waals surface area contributed by atoms with E-state index in [0.717, 1.165) is 38.1 Å². The van der Waals surface area contributed by atoms with Crippen molar-refractivity contribution in [2.24, 2.45) is 0 Å². The van der Waals surface area contributed by atoms with Gasteiger partial charge in [0.05, 0.1) is 7.11 Å². The van der Waals surface area contributed by atoms with Gasteiger partial charge in [-0.15, -0.1) is 0 Å². The van der Waals surface area contributed by atoms with E-state index in [-0.39, 0.29) is 5.91 Å². The summed E-state index contributed by atoms with van der Waals surface area (Å²) in [6, 6.07) is 8.18. The fourth-order valence-corrected chi connectivity index (χ4v) is 4.26. The molecule has 3 heterocycles. The molecular weight excluding hydrogens is 342 g/mol. The van der Waals surface area contributed by atoms with Crippen molar-refractivity contribution in [2.45, 2.75) is 25.3 Å². The van der Waals surface area contributed by atoms with Crippen molar-refractivity contribution >= 4 is 16.9 Å². The van der Waals surface area contributed by atoms with Gasteiger partial charge < -0.3 is 19.0 Å². The SMILES string of the molecule is COc1cccc2cc(C(=O)N3CCN(CC4CCCCN4C)CC3)oc12. The predicted octanol–water partition coefficient (Wildman–Crippen LogP) is 2.68. The van der Waals surface area contributed by atoms with Gasteiger partial charge in [-0.25, -0.2) is 0 Å². The lowest BCUT2D eigenvalue weighted by Gasteiger charge is -2.40. The van der Waals surface area contributed by atoms with Crippen molar-refractivity contribution in [1.82, 2.24) is 14.7 Å². The largest absolute Gasteiger partial charge is 0.493 e. The van der Waals surface area contributed by atoms with Crippen LogP contribution in [0.15, 0.2) is 28.7 Å². The molecule has 2 fully saturated rings. The Hall–Kier alpha value is -2.05. The van der Waals surface area contributed by atoms with E-state index in [1.807, 2.05) is 29.2 Å². The molecule has 0 saturated carbocycles. The molecular formula is C21H29N3O3. The molecule has 1 aromatic carbocycles. The number of ether oxygens (including phenoxy) is 1. The van der Waals surface area contributed by atoms with Crippen LogP contribution in [0.25, 0.3) is 11.0 Å². The van der Waals surface area contributed by atoms with Crippen molar-refractivity contribution in [3.63, 3.8) is 0 Å². The second-order valence-electron chi connectivity index (χ2n) is 7.71. The maximum absolute atomic E-state index is 12.9. The molecule has 0 aliphatic carbocycles. The number of likely N-dealkylation sites (tertiary alicyclic amines) is 1. The number of piperazine rings is 1. The van der Waals surface area contributed by atoms with Crippen LogP contribution in [-0.2, 0) is 0 Å². The van der Waals surface area contributed by atoms with Crippen LogP contribution >= 0.6 is 0 Å². The number of rotatable bonds is 4.